The minimum Gasteiger partial charge on any atom is -0.353 e. The number of pyridine rings is 1. The zero-order valence-electron chi connectivity index (χ0n) is 13.1. The third-order valence-electron chi connectivity index (χ3n) is 4.74. The Kier molecular flexibility index (Phi) is 3.83. The highest BCUT2D eigenvalue weighted by Crippen LogP contribution is 2.29. The second-order valence-corrected chi connectivity index (χ2v) is 6.13. The van der Waals surface area contributed by atoms with Gasteiger partial charge in [0.15, 0.2) is 0 Å². The van der Waals surface area contributed by atoms with Gasteiger partial charge in [0.1, 0.15) is 5.82 Å². The molecule has 1 fully saturated rings. The molecule has 112 valence electrons. The van der Waals surface area contributed by atoms with Gasteiger partial charge < -0.3 is 10.6 Å². The molecule has 0 radical (unpaired) electrons. The number of hydrogen-bond acceptors (Lipinski definition) is 4. The number of hydrogen-bond donors (Lipinski definition) is 1. The van der Waals surface area contributed by atoms with Gasteiger partial charge >= 0.3 is 0 Å². The van der Waals surface area contributed by atoms with Crippen molar-refractivity contribution >= 4 is 16.6 Å². The molecule has 3 rings (SSSR count). The van der Waals surface area contributed by atoms with Gasteiger partial charge in [-0.15, -0.1) is 0 Å². The van der Waals surface area contributed by atoms with Crippen molar-refractivity contribution in [3.63, 3.8) is 0 Å². The van der Waals surface area contributed by atoms with Crippen molar-refractivity contribution in [1.82, 2.24) is 9.88 Å². The van der Waals surface area contributed by atoms with E-state index in [1.165, 1.54) is 10.8 Å². The SMILES string of the molecule is CC1CN(c2ncc(CN)c3ccccc23)CC(C)N1C. The summed E-state index contributed by atoms with van der Waals surface area (Å²) in [4.78, 5) is 9.57. The van der Waals surface area contributed by atoms with E-state index in [1.54, 1.807) is 0 Å². The largest absolute Gasteiger partial charge is 0.353 e. The molecule has 0 bridgehead atoms. The van der Waals surface area contributed by atoms with Gasteiger partial charge in [0.25, 0.3) is 0 Å². The number of benzene rings is 1. The van der Waals surface area contributed by atoms with E-state index in [0.717, 1.165) is 24.5 Å². The van der Waals surface area contributed by atoms with Crippen LogP contribution in [0.5, 0.6) is 0 Å². The highest BCUT2D eigenvalue weighted by molar-refractivity contribution is 5.94. The summed E-state index contributed by atoms with van der Waals surface area (Å²) in [6.07, 6.45) is 1.94. The molecule has 2 N–H and O–H groups in total. The molecular weight excluding hydrogens is 260 g/mol. The number of likely N-dealkylation sites (N-methyl/N-ethyl adjacent to an activating group) is 1. The average molecular weight is 284 g/mol. The van der Waals surface area contributed by atoms with Crippen molar-refractivity contribution in [2.45, 2.75) is 32.5 Å². The lowest BCUT2D eigenvalue weighted by molar-refractivity contribution is 0.170. The predicted molar refractivity (Wildman–Crippen MR) is 88.5 cm³/mol. The molecule has 2 aromatic rings. The zero-order chi connectivity index (χ0) is 15.0. The van der Waals surface area contributed by atoms with Crippen LogP contribution in [0.3, 0.4) is 0 Å². The van der Waals surface area contributed by atoms with Crippen LogP contribution >= 0.6 is 0 Å². The summed E-state index contributed by atoms with van der Waals surface area (Å²) >= 11 is 0. The van der Waals surface area contributed by atoms with Crippen molar-refractivity contribution in [3.8, 4) is 0 Å². The maximum Gasteiger partial charge on any atom is 0.136 e. The molecule has 1 aromatic carbocycles. The van der Waals surface area contributed by atoms with E-state index in [0.29, 0.717) is 18.6 Å². The number of anilines is 1. The molecule has 0 amide bonds. The minimum absolute atomic E-state index is 0.531. The highest BCUT2D eigenvalue weighted by Gasteiger charge is 2.28. The van der Waals surface area contributed by atoms with E-state index in [1.807, 2.05) is 6.20 Å². The first-order valence-corrected chi connectivity index (χ1v) is 7.65. The first-order valence-electron chi connectivity index (χ1n) is 7.65. The van der Waals surface area contributed by atoms with E-state index in [4.69, 9.17) is 10.7 Å². The normalized spacial score (nSPS) is 23.7. The molecule has 2 heterocycles. The van der Waals surface area contributed by atoms with Crippen molar-refractivity contribution in [1.29, 1.82) is 0 Å². The third-order valence-corrected chi connectivity index (χ3v) is 4.74. The van der Waals surface area contributed by atoms with Crippen LogP contribution in [0.25, 0.3) is 10.8 Å². The third kappa shape index (κ3) is 2.49. The summed E-state index contributed by atoms with van der Waals surface area (Å²) in [7, 11) is 2.20. The van der Waals surface area contributed by atoms with Crippen LogP contribution in [0.2, 0.25) is 0 Å². The van der Waals surface area contributed by atoms with Gasteiger partial charge in [-0.25, -0.2) is 4.98 Å². The lowest BCUT2D eigenvalue weighted by Crippen LogP contribution is -2.55. The quantitative estimate of drug-likeness (QED) is 0.918. The number of nitrogens with two attached hydrogens (primary N) is 1. The molecule has 21 heavy (non-hydrogen) atoms. The van der Waals surface area contributed by atoms with Gasteiger partial charge in [-0.3, -0.25) is 4.90 Å². The Morgan fingerprint density at radius 2 is 1.76 bits per heavy atom. The fourth-order valence-electron chi connectivity index (χ4n) is 3.23. The van der Waals surface area contributed by atoms with Crippen LogP contribution in [-0.2, 0) is 6.54 Å². The summed E-state index contributed by atoms with van der Waals surface area (Å²) in [5, 5.41) is 2.44. The van der Waals surface area contributed by atoms with E-state index >= 15 is 0 Å². The van der Waals surface area contributed by atoms with Crippen LogP contribution in [0.15, 0.2) is 30.5 Å². The summed E-state index contributed by atoms with van der Waals surface area (Å²) in [5.74, 6) is 1.09. The van der Waals surface area contributed by atoms with E-state index in [-0.39, 0.29) is 0 Å². The van der Waals surface area contributed by atoms with Crippen LogP contribution < -0.4 is 10.6 Å². The Morgan fingerprint density at radius 3 is 2.38 bits per heavy atom. The summed E-state index contributed by atoms with van der Waals surface area (Å²) in [5.41, 5.74) is 6.96. The minimum atomic E-state index is 0.531. The molecule has 4 heteroatoms. The van der Waals surface area contributed by atoms with Crippen molar-refractivity contribution in [2.75, 3.05) is 25.0 Å². The van der Waals surface area contributed by atoms with Crippen LogP contribution in [-0.4, -0.2) is 42.1 Å². The Balaban J connectivity index is 2.05. The molecule has 4 nitrogen and oxygen atoms in total. The first kappa shape index (κ1) is 14.3. The van der Waals surface area contributed by atoms with Crippen LogP contribution in [0, 0.1) is 0 Å². The summed E-state index contributed by atoms with van der Waals surface area (Å²) < 4.78 is 0. The van der Waals surface area contributed by atoms with Gasteiger partial charge in [0, 0.05) is 43.3 Å². The number of rotatable bonds is 2. The molecule has 0 spiro atoms. The molecule has 1 aromatic heterocycles. The molecule has 2 atom stereocenters. The standard InChI is InChI=1S/C17H24N4/c1-12-10-21(11-13(2)20(12)3)17-16-7-5-4-6-15(16)14(8-18)9-19-17/h4-7,9,12-13H,8,10-11,18H2,1-3H3. The Hall–Kier alpha value is -1.65. The van der Waals surface area contributed by atoms with Crippen LogP contribution in [0.1, 0.15) is 19.4 Å². The number of piperazine rings is 1. The Morgan fingerprint density at radius 1 is 1.14 bits per heavy atom. The van der Waals surface area contributed by atoms with E-state index in [9.17, 15) is 0 Å². The Labute approximate surface area is 126 Å². The van der Waals surface area contributed by atoms with E-state index < -0.39 is 0 Å². The fraction of sp³-hybridized carbons (Fsp3) is 0.471. The maximum atomic E-state index is 5.85. The number of nitrogens with zero attached hydrogens (tertiary/aromatic N) is 3. The molecule has 1 aliphatic heterocycles. The smallest absolute Gasteiger partial charge is 0.136 e. The maximum absolute atomic E-state index is 5.85. The molecule has 0 aliphatic carbocycles. The molecule has 2 unspecified atom stereocenters. The van der Waals surface area contributed by atoms with E-state index in [2.05, 4.69) is 55.0 Å². The monoisotopic (exact) mass is 284 g/mol. The molecule has 1 saturated heterocycles. The Bertz CT molecular complexity index is 628. The molecule has 0 saturated carbocycles. The highest BCUT2D eigenvalue weighted by atomic mass is 15.3. The second-order valence-electron chi connectivity index (χ2n) is 6.13. The second kappa shape index (κ2) is 5.62. The van der Waals surface area contributed by atoms with Gasteiger partial charge in [-0.2, -0.15) is 0 Å². The number of aromatic nitrogens is 1. The van der Waals surface area contributed by atoms with Crippen LogP contribution in [0.4, 0.5) is 5.82 Å². The summed E-state index contributed by atoms with van der Waals surface area (Å²) in [6.45, 7) is 7.11. The topological polar surface area (TPSA) is 45.4 Å². The van der Waals surface area contributed by atoms with Gasteiger partial charge in [0.2, 0.25) is 0 Å². The summed E-state index contributed by atoms with van der Waals surface area (Å²) in [6, 6.07) is 9.51. The molecule has 1 aliphatic rings. The van der Waals surface area contributed by atoms with Crippen molar-refractivity contribution < 1.29 is 0 Å². The van der Waals surface area contributed by atoms with Gasteiger partial charge in [-0.05, 0) is 31.8 Å². The predicted octanol–water partition coefficient (Wildman–Crippen LogP) is 2.22. The average Bonchev–Trinajstić information content (AvgIpc) is 2.51. The van der Waals surface area contributed by atoms with Gasteiger partial charge in [0.05, 0.1) is 0 Å². The lowest BCUT2D eigenvalue weighted by atomic mass is 10.0. The van der Waals surface area contributed by atoms with Gasteiger partial charge in [-0.1, -0.05) is 24.3 Å². The fourth-order valence-corrected chi connectivity index (χ4v) is 3.23. The number of fused-ring (bicyclic) bond motifs is 1. The lowest BCUT2D eigenvalue weighted by Gasteiger charge is -2.43. The molecular formula is C17H24N4. The zero-order valence-corrected chi connectivity index (χ0v) is 13.1. The van der Waals surface area contributed by atoms with Crippen molar-refractivity contribution in [3.05, 3.63) is 36.0 Å². The van der Waals surface area contributed by atoms with Crippen molar-refractivity contribution in [2.24, 2.45) is 5.73 Å². The first-order chi connectivity index (χ1) is 10.1.